The van der Waals surface area contributed by atoms with E-state index in [1.807, 2.05) is 5.32 Å². The first-order valence-electron chi connectivity index (χ1n) is 12.3. The third kappa shape index (κ3) is 4.86. The van der Waals surface area contributed by atoms with Gasteiger partial charge in [-0.1, -0.05) is 52.0 Å². The van der Waals surface area contributed by atoms with Gasteiger partial charge in [0.25, 0.3) is 5.91 Å². The summed E-state index contributed by atoms with van der Waals surface area (Å²) < 4.78 is 44.4. The molecule has 1 fully saturated rings. The largest absolute Gasteiger partial charge is 0.425 e. The molecule has 1 aromatic rings. The summed E-state index contributed by atoms with van der Waals surface area (Å²) in [7, 11) is 0. The Balaban J connectivity index is 1.70. The Morgan fingerprint density at radius 2 is 1.89 bits per heavy atom. The molecule has 3 aliphatic rings. The van der Waals surface area contributed by atoms with Crippen LogP contribution in [0, 0.1) is 11.3 Å². The quantitative estimate of drug-likeness (QED) is 0.617. The maximum absolute atomic E-state index is 14.8. The molecule has 1 aliphatic heterocycles. The minimum absolute atomic E-state index is 0.0463. The third-order valence-electron chi connectivity index (χ3n) is 7.44. The summed E-state index contributed by atoms with van der Waals surface area (Å²) in [6.07, 6.45) is 3.34. The normalized spacial score (nSPS) is 25.1. The number of Topliss-reactive ketones (excluding diaryl/α,β-unsaturated/α-hetero) is 1. The SMILES string of the molecule is CC1(C)CC(=O)C2=C(C1)N(Cc1cccnc1)C(=O)C2(NC(=O)CCC1CCCCC1)C(F)(F)F. The van der Waals surface area contributed by atoms with Gasteiger partial charge in [-0.05, 0) is 35.8 Å². The average molecular weight is 492 g/mol. The van der Waals surface area contributed by atoms with Crippen molar-refractivity contribution in [1.29, 1.82) is 0 Å². The molecular formula is C26H32F3N3O3. The minimum atomic E-state index is -5.17. The lowest BCUT2D eigenvalue weighted by Crippen LogP contribution is -2.66. The van der Waals surface area contributed by atoms with E-state index >= 15 is 0 Å². The van der Waals surface area contributed by atoms with E-state index in [-0.39, 0.29) is 31.5 Å². The van der Waals surface area contributed by atoms with Crippen LogP contribution in [0.1, 0.15) is 77.2 Å². The molecule has 190 valence electrons. The standard InChI is InChI=1S/C26H32F3N3O3/c1-24(2)13-19-22(20(33)14-24)25(26(27,28)29,23(35)32(19)16-18-9-6-12-30-15-18)31-21(34)11-10-17-7-4-3-5-8-17/h6,9,12,15,17H,3-5,7-8,10-11,13-14,16H2,1-2H3,(H,31,34). The van der Waals surface area contributed by atoms with Gasteiger partial charge in [0.15, 0.2) is 5.78 Å². The van der Waals surface area contributed by atoms with E-state index < -0.39 is 40.3 Å². The Labute approximate surface area is 203 Å². The van der Waals surface area contributed by atoms with Crippen molar-refractivity contribution in [3.63, 3.8) is 0 Å². The number of ketones is 1. The first kappa shape index (κ1) is 25.4. The summed E-state index contributed by atoms with van der Waals surface area (Å²) in [5, 5.41) is 2.04. The highest BCUT2D eigenvalue weighted by Gasteiger charge is 2.71. The molecule has 1 aromatic heterocycles. The molecular weight excluding hydrogens is 459 g/mol. The third-order valence-corrected chi connectivity index (χ3v) is 7.44. The number of rotatable bonds is 6. The Kier molecular flexibility index (Phi) is 6.81. The zero-order valence-corrected chi connectivity index (χ0v) is 20.2. The highest BCUT2D eigenvalue weighted by atomic mass is 19.4. The van der Waals surface area contributed by atoms with Gasteiger partial charge in [-0.25, -0.2) is 0 Å². The molecule has 4 rings (SSSR count). The number of aromatic nitrogens is 1. The maximum atomic E-state index is 14.8. The molecule has 0 spiro atoms. The Morgan fingerprint density at radius 1 is 1.17 bits per heavy atom. The highest BCUT2D eigenvalue weighted by molar-refractivity contribution is 6.13. The lowest BCUT2D eigenvalue weighted by atomic mass is 9.72. The molecule has 0 aromatic carbocycles. The monoisotopic (exact) mass is 491 g/mol. The molecule has 6 nitrogen and oxygen atoms in total. The van der Waals surface area contributed by atoms with Crippen LogP contribution in [-0.2, 0) is 20.9 Å². The van der Waals surface area contributed by atoms with Crippen LogP contribution >= 0.6 is 0 Å². The van der Waals surface area contributed by atoms with Crippen LogP contribution in [0.2, 0.25) is 0 Å². The second-order valence-electron chi connectivity index (χ2n) is 10.9. The molecule has 35 heavy (non-hydrogen) atoms. The number of hydrogen-bond acceptors (Lipinski definition) is 4. The van der Waals surface area contributed by atoms with E-state index in [9.17, 15) is 27.6 Å². The van der Waals surface area contributed by atoms with Gasteiger partial charge >= 0.3 is 6.18 Å². The Morgan fingerprint density at radius 3 is 2.51 bits per heavy atom. The maximum Gasteiger partial charge on any atom is 0.425 e. The van der Waals surface area contributed by atoms with Gasteiger partial charge in [-0.15, -0.1) is 0 Å². The molecule has 2 aliphatic carbocycles. The zero-order chi connectivity index (χ0) is 25.4. The molecule has 2 heterocycles. The van der Waals surface area contributed by atoms with Crippen LogP contribution in [0.4, 0.5) is 13.2 Å². The van der Waals surface area contributed by atoms with Gasteiger partial charge in [0.1, 0.15) is 0 Å². The molecule has 2 amide bonds. The first-order valence-corrected chi connectivity index (χ1v) is 12.3. The summed E-state index contributed by atoms with van der Waals surface area (Å²) >= 11 is 0. The minimum Gasteiger partial charge on any atom is -0.330 e. The number of alkyl halides is 3. The van der Waals surface area contributed by atoms with Crippen molar-refractivity contribution in [2.75, 3.05) is 0 Å². The highest BCUT2D eigenvalue weighted by Crippen LogP contribution is 2.52. The number of carbonyl (C=O) groups excluding carboxylic acids is 3. The van der Waals surface area contributed by atoms with Crippen LogP contribution in [0.3, 0.4) is 0 Å². The van der Waals surface area contributed by atoms with Crippen LogP contribution in [-0.4, -0.2) is 39.2 Å². The zero-order valence-electron chi connectivity index (χ0n) is 20.2. The van der Waals surface area contributed by atoms with Crippen molar-refractivity contribution in [3.8, 4) is 0 Å². The van der Waals surface area contributed by atoms with E-state index in [0.717, 1.165) is 37.0 Å². The van der Waals surface area contributed by atoms with Gasteiger partial charge < -0.3 is 10.2 Å². The number of pyridine rings is 1. The second-order valence-corrected chi connectivity index (χ2v) is 10.9. The number of nitrogens with one attached hydrogen (secondary N) is 1. The lowest BCUT2D eigenvalue weighted by molar-refractivity contribution is -0.194. The van der Waals surface area contributed by atoms with Crippen molar-refractivity contribution in [1.82, 2.24) is 15.2 Å². The van der Waals surface area contributed by atoms with Crippen LogP contribution in [0.25, 0.3) is 0 Å². The fraction of sp³-hybridized carbons (Fsp3) is 0.615. The number of amides is 2. The van der Waals surface area contributed by atoms with E-state index in [1.54, 1.807) is 26.0 Å². The molecule has 9 heteroatoms. The Hall–Kier alpha value is -2.71. The molecule has 0 bridgehead atoms. The molecule has 1 N–H and O–H groups in total. The predicted molar refractivity (Wildman–Crippen MR) is 123 cm³/mol. The van der Waals surface area contributed by atoms with Crippen molar-refractivity contribution in [2.24, 2.45) is 11.3 Å². The van der Waals surface area contributed by atoms with Crippen LogP contribution < -0.4 is 5.32 Å². The molecule has 0 radical (unpaired) electrons. The fourth-order valence-electron chi connectivity index (χ4n) is 5.75. The van der Waals surface area contributed by atoms with Crippen LogP contribution in [0.5, 0.6) is 0 Å². The lowest BCUT2D eigenvalue weighted by Gasteiger charge is -2.35. The summed E-state index contributed by atoms with van der Waals surface area (Å²) in [6.45, 7) is 3.42. The average Bonchev–Trinajstić information content (AvgIpc) is 3.01. The second kappa shape index (κ2) is 9.39. The van der Waals surface area contributed by atoms with Gasteiger partial charge in [0.05, 0.1) is 12.1 Å². The van der Waals surface area contributed by atoms with Crippen molar-refractivity contribution in [2.45, 2.75) is 89.9 Å². The summed E-state index contributed by atoms with van der Waals surface area (Å²) in [4.78, 5) is 44.7. The van der Waals surface area contributed by atoms with Gasteiger partial charge in [0, 0.05) is 30.9 Å². The number of carbonyl (C=O) groups is 3. The van der Waals surface area contributed by atoms with Crippen LogP contribution in [0.15, 0.2) is 35.8 Å². The molecule has 1 atom stereocenters. The fourth-order valence-corrected chi connectivity index (χ4v) is 5.75. The predicted octanol–water partition coefficient (Wildman–Crippen LogP) is 4.84. The van der Waals surface area contributed by atoms with Gasteiger partial charge in [-0.2, -0.15) is 13.2 Å². The van der Waals surface area contributed by atoms with Crippen molar-refractivity contribution in [3.05, 3.63) is 41.4 Å². The van der Waals surface area contributed by atoms with Crippen molar-refractivity contribution >= 4 is 17.6 Å². The number of halogens is 3. The number of allylic oxidation sites excluding steroid dienone is 1. The number of hydrogen-bond donors (Lipinski definition) is 1. The number of nitrogens with zero attached hydrogens (tertiary/aromatic N) is 2. The summed E-state index contributed by atoms with van der Waals surface area (Å²) in [6, 6.07) is 3.29. The molecule has 0 saturated heterocycles. The van der Waals surface area contributed by atoms with Gasteiger partial charge in [-0.3, -0.25) is 19.4 Å². The summed E-state index contributed by atoms with van der Waals surface area (Å²) in [5.74, 6) is -2.63. The van der Waals surface area contributed by atoms with E-state index in [0.29, 0.717) is 17.9 Å². The molecule has 1 saturated carbocycles. The topological polar surface area (TPSA) is 79.4 Å². The van der Waals surface area contributed by atoms with E-state index in [1.165, 1.54) is 12.4 Å². The smallest absolute Gasteiger partial charge is 0.330 e. The Bertz CT molecular complexity index is 1030. The van der Waals surface area contributed by atoms with Crippen molar-refractivity contribution < 1.29 is 27.6 Å². The summed E-state index contributed by atoms with van der Waals surface area (Å²) in [5.41, 5.74) is -4.02. The van der Waals surface area contributed by atoms with E-state index in [2.05, 4.69) is 4.98 Å². The molecule has 1 unspecified atom stereocenters. The van der Waals surface area contributed by atoms with Gasteiger partial charge in [0.2, 0.25) is 11.4 Å². The van der Waals surface area contributed by atoms with E-state index in [4.69, 9.17) is 0 Å². The first-order chi connectivity index (χ1) is 16.4.